The van der Waals surface area contributed by atoms with Crippen LogP contribution in [0.3, 0.4) is 0 Å². The van der Waals surface area contributed by atoms with E-state index in [0.29, 0.717) is 12.2 Å². The number of nitrogens with zero attached hydrogens (tertiary/aromatic N) is 3. The standard InChI is InChI=1S/C17H18N3O3.3C4H9.Sn/c1-17(2,3)23-16(22)14-13-9-19(4)15(21)11-7-5-6-8-12(11)20(13)10-18-14;3*1-3-4-2;/h6-8,10H,9H2,1-4H3;3*1,3-4H2,2H3;. The second-order valence-electron chi connectivity index (χ2n) is 11.4. The van der Waals surface area contributed by atoms with Crippen LogP contribution in [-0.2, 0) is 11.3 Å². The predicted octanol–water partition coefficient (Wildman–Crippen LogP) is 6.47. The fraction of sp³-hybridized carbons (Fsp3) is 0.621. The van der Waals surface area contributed by atoms with Crippen molar-refractivity contribution in [2.24, 2.45) is 0 Å². The van der Waals surface area contributed by atoms with E-state index < -0.39 is 29.9 Å². The SMILES string of the molecule is CCC[CH2][Sn]([CH2]CCC)([CH2]CCC)[c]1ccc2c(c1)C(=O)N(C)Cc1c(C(=O)OC(C)(C)C)ncn1-2. The molecule has 7 heteroatoms. The van der Waals surface area contributed by atoms with E-state index in [9.17, 15) is 9.59 Å². The van der Waals surface area contributed by atoms with Crippen LogP contribution in [-0.4, -0.2) is 57.4 Å². The van der Waals surface area contributed by atoms with E-state index in [2.05, 4.69) is 44.0 Å². The topological polar surface area (TPSA) is 64.4 Å². The van der Waals surface area contributed by atoms with Crippen LogP contribution < -0.4 is 3.58 Å². The molecule has 0 atom stereocenters. The zero-order valence-corrected chi connectivity index (χ0v) is 26.3. The van der Waals surface area contributed by atoms with Crippen molar-refractivity contribution in [1.29, 1.82) is 0 Å². The van der Waals surface area contributed by atoms with E-state index in [-0.39, 0.29) is 11.6 Å². The molecule has 1 amide bonds. The average Bonchev–Trinajstić information content (AvgIpc) is 3.21. The van der Waals surface area contributed by atoms with Gasteiger partial charge in [-0.1, -0.05) is 0 Å². The number of fused-ring (bicyclic) bond motifs is 3. The maximum atomic E-state index is 13.6. The van der Waals surface area contributed by atoms with E-state index in [4.69, 9.17) is 4.74 Å². The molecule has 1 aromatic carbocycles. The number of benzene rings is 1. The van der Waals surface area contributed by atoms with Crippen LogP contribution in [0.15, 0.2) is 24.5 Å². The molecule has 2 heterocycles. The molecule has 36 heavy (non-hydrogen) atoms. The molecule has 1 aromatic heterocycles. The molecule has 6 nitrogen and oxygen atoms in total. The van der Waals surface area contributed by atoms with Crippen molar-refractivity contribution < 1.29 is 14.3 Å². The summed E-state index contributed by atoms with van der Waals surface area (Å²) < 4.78 is 13.1. The Bertz CT molecular complexity index is 1050. The molecule has 0 fully saturated rings. The van der Waals surface area contributed by atoms with Crippen molar-refractivity contribution in [1.82, 2.24) is 14.5 Å². The van der Waals surface area contributed by atoms with Gasteiger partial charge in [-0.3, -0.25) is 0 Å². The van der Waals surface area contributed by atoms with Crippen molar-refractivity contribution >= 4 is 33.8 Å². The molecule has 0 saturated heterocycles. The Morgan fingerprint density at radius 2 is 1.61 bits per heavy atom. The molecule has 0 radical (unpaired) electrons. The Kier molecular flexibility index (Phi) is 9.69. The molecule has 3 rings (SSSR count). The average molecular weight is 602 g/mol. The molecule has 0 aliphatic carbocycles. The zero-order chi connectivity index (χ0) is 26.5. The molecule has 0 saturated carbocycles. The number of ether oxygens (including phenoxy) is 1. The second-order valence-corrected chi connectivity index (χ2v) is 24.6. The monoisotopic (exact) mass is 603 g/mol. The quantitative estimate of drug-likeness (QED) is 0.219. The van der Waals surface area contributed by atoms with Crippen LogP contribution in [0.5, 0.6) is 0 Å². The van der Waals surface area contributed by atoms with Gasteiger partial charge < -0.3 is 0 Å². The fourth-order valence-electron chi connectivity index (χ4n) is 5.33. The van der Waals surface area contributed by atoms with Gasteiger partial charge in [0.2, 0.25) is 0 Å². The van der Waals surface area contributed by atoms with Gasteiger partial charge in [-0.15, -0.1) is 0 Å². The third-order valence-electron chi connectivity index (χ3n) is 7.32. The van der Waals surface area contributed by atoms with Gasteiger partial charge >= 0.3 is 222 Å². The van der Waals surface area contributed by atoms with Gasteiger partial charge in [-0.05, 0) is 0 Å². The normalized spacial score (nSPS) is 13.9. The van der Waals surface area contributed by atoms with Gasteiger partial charge in [0.15, 0.2) is 0 Å². The van der Waals surface area contributed by atoms with Crippen molar-refractivity contribution in [3.8, 4) is 5.69 Å². The summed E-state index contributed by atoms with van der Waals surface area (Å²) in [6, 6.07) is 6.65. The van der Waals surface area contributed by atoms with Gasteiger partial charge in [-0.2, -0.15) is 0 Å². The third kappa shape index (κ3) is 6.35. The van der Waals surface area contributed by atoms with Crippen molar-refractivity contribution in [2.45, 2.75) is 106 Å². The van der Waals surface area contributed by atoms with E-state index in [1.807, 2.05) is 32.4 Å². The molecule has 0 unspecified atom stereocenters. The number of carbonyl (C=O) groups is 2. The van der Waals surface area contributed by atoms with Gasteiger partial charge in [0.1, 0.15) is 0 Å². The summed E-state index contributed by atoms with van der Waals surface area (Å²) in [6.45, 7) is 12.7. The zero-order valence-electron chi connectivity index (χ0n) is 23.4. The molecular formula is C29H45N3O3Sn. The first-order valence-corrected chi connectivity index (χ1v) is 21.2. The summed E-state index contributed by atoms with van der Waals surface area (Å²) >= 11 is -2.71. The number of unbranched alkanes of at least 4 members (excludes halogenated alkanes) is 3. The van der Waals surface area contributed by atoms with E-state index in [1.54, 1.807) is 11.2 Å². The predicted molar refractivity (Wildman–Crippen MR) is 149 cm³/mol. The van der Waals surface area contributed by atoms with Crippen LogP contribution in [0.25, 0.3) is 5.69 Å². The number of imidazole rings is 1. The summed E-state index contributed by atoms with van der Waals surface area (Å²) in [6.07, 6.45) is 9.15. The molecule has 0 spiro atoms. The first kappa shape index (κ1) is 28.7. The Morgan fingerprint density at radius 1 is 1.03 bits per heavy atom. The first-order chi connectivity index (χ1) is 17.1. The van der Waals surface area contributed by atoms with Gasteiger partial charge in [0.05, 0.1) is 0 Å². The van der Waals surface area contributed by atoms with E-state index in [0.717, 1.165) is 11.3 Å². The molecular weight excluding hydrogens is 557 g/mol. The number of hydrogen-bond acceptors (Lipinski definition) is 4. The number of rotatable bonds is 11. The van der Waals surface area contributed by atoms with Crippen molar-refractivity contribution in [3.05, 3.63) is 41.5 Å². The summed E-state index contributed by atoms with van der Waals surface area (Å²) in [7, 11) is 1.81. The first-order valence-electron chi connectivity index (χ1n) is 13.8. The van der Waals surface area contributed by atoms with Crippen LogP contribution in [0.1, 0.15) is 107 Å². The Labute approximate surface area is 221 Å². The van der Waals surface area contributed by atoms with Gasteiger partial charge in [0, 0.05) is 0 Å². The number of esters is 1. The Morgan fingerprint density at radius 3 is 2.14 bits per heavy atom. The Hall–Kier alpha value is -1.83. The summed E-state index contributed by atoms with van der Waals surface area (Å²) in [5.41, 5.74) is 1.91. The molecule has 2 aromatic rings. The number of carbonyl (C=O) groups excluding carboxylic acids is 2. The fourth-order valence-corrected chi connectivity index (χ4v) is 21.3. The van der Waals surface area contributed by atoms with Crippen molar-refractivity contribution in [2.75, 3.05) is 7.05 Å². The summed E-state index contributed by atoms with van der Waals surface area (Å²) in [5.74, 6) is -0.446. The Balaban J connectivity index is 2.12. The number of aromatic nitrogens is 2. The van der Waals surface area contributed by atoms with Crippen LogP contribution in [0.2, 0.25) is 13.3 Å². The van der Waals surface area contributed by atoms with E-state index >= 15 is 0 Å². The van der Waals surface area contributed by atoms with E-state index in [1.165, 1.54) is 55.4 Å². The maximum absolute atomic E-state index is 13.6. The molecule has 0 N–H and O–H groups in total. The molecule has 1 aliphatic rings. The van der Waals surface area contributed by atoms with Crippen LogP contribution in [0, 0.1) is 0 Å². The minimum absolute atomic E-state index is 0.00681. The third-order valence-corrected chi connectivity index (χ3v) is 22.9. The van der Waals surface area contributed by atoms with Gasteiger partial charge in [0.25, 0.3) is 0 Å². The minimum atomic E-state index is -2.71. The van der Waals surface area contributed by atoms with Crippen LogP contribution in [0.4, 0.5) is 0 Å². The molecule has 0 bridgehead atoms. The number of amides is 1. The van der Waals surface area contributed by atoms with Crippen LogP contribution >= 0.6 is 0 Å². The summed E-state index contributed by atoms with van der Waals surface area (Å²) in [4.78, 5) is 32.7. The van der Waals surface area contributed by atoms with Gasteiger partial charge in [-0.25, -0.2) is 0 Å². The molecule has 1 aliphatic heterocycles. The summed E-state index contributed by atoms with van der Waals surface area (Å²) in [5, 5.41) is 0. The van der Waals surface area contributed by atoms with Crippen molar-refractivity contribution in [3.63, 3.8) is 0 Å². The molecule has 198 valence electrons. The second kappa shape index (κ2) is 12.1. The number of hydrogen-bond donors (Lipinski definition) is 0.